The predicted octanol–water partition coefficient (Wildman–Crippen LogP) is 6.77. The highest BCUT2D eigenvalue weighted by molar-refractivity contribution is 9.10. The van der Waals surface area contributed by atoms with Crippen LogP contribution in [0.25, 0.3) is 0 Å². The summed E-state index contributed by atoms with van der Waals surface area (Å²) >= 11 is 14.0. The van der Waals surface area contributed by atoms with Crippen molar-refractivity contribution in [2.45, 2.75) is 14.8 Å². The number of alkyl halides is 5. The minimum atomic E-state index is -4.66. The molecule has 172 valence electrons. The van der Waals surface area contributed by atoms with Crippen molar-refractivity contribution in [3.8, 4) is 0 Å². The molecule has 3 nitrogen and oxygen atoms in total. The third-order valence-electron chi connectivity index (χ3n) is 7.10. The van der Waals surface area contributed by atoms with E-state index in [1.54, 1.807) is 0 Å². The fourth-order valence-electron chi connectivity index (χ4n) is 5.76. The number of carbonyl (C=O) groups is 2. The zero-order chi connectivity index (χ0) is 24.2. The van der Waals surface area contributed by atoms with Crippen LogP contribution in [0.5, 0.6) is 0 Å². The predicted molar refractivity (Wildman–Crippen MR) is 128 cm³/mol. The van der Waals surface area contributed by atoms with Crippen LogP contribution in [0.4, 0.5) is 18.9 Å². The molecule has 3 aliphatic carbocycles. The second-order valence-electron chi connectivity index (χ2n) is 8.65. The van der Waals surface area contributed by atoms with Crippen LogP contribution in [0, 0.1) is 11.8 Å². The Labute approximate surface area is 214 Å². The Morgan fingerprint density at radius 1 is 0.765 bits per heavy atom. The first-order valence-electron chi connectivity index (χ1n) is 10.3. The third kappa shape index (κ3) is 2.54. The van der Waals surface area contributed by atoms with Crippen molar-refractivity contribution in [1.29, 1.82) is 0 Å². The molecule has 2 bridgehead atoms. The van der Waals surface area contributed by atoms with Crippen molar-refractivity contribution in [2.24, 2.45) is 11.8 Å². The molecule has 0 unspecified atom stereocenters. The molecule has 0 radical (unpaired) electrons. The van der Waals surface area contributed by atoms with E-state index < -0.39 is 44.0 Å². The lowest BCUT2D eigenvalue weighted by Crippen LogP contribution is -2.56. The fraction of sp³-hybridized carbons (Fsp3) is 0.200. The van der Waals surface area contributed by atoms with Crippen LogP contribution in [-0.2, 0) is 24.4 Å². The Bertz CT molecular complexity index is 1300. The molecule has 34 heavy (non-hydrogen) atoms. The molecular formula is C25H13Br2ClF3NO2. The van der Waals surface area contributed by atoms with Gasteiger partial charge in [-0.2, -0.15) is 13.2 Å². The number of imide groups is 1. The maximum atomic E-state index is 13.9. The van der Waals surface area contributed by atoms with Gasteiger partial charge in [0.1, 0.15) is 0 Å². The summed E-state index contributed by atoms with van der Waals surface area (Å²) in [5.74, 6) is -2.98. The highest BCUT2D eigenvalue weighted by atomic mass is 79.9. The average Bonchev–Trinajstić information content (AvgIpc) is 3.08. The molecule has 2 atom stereocenters. The van der Waals surface area contributed by atoms with Crippen molar-refractivity contribution in [3.63, 3.8) is 0 Å². The van der Waals surface area contributed by atoms with Crippen molar-refractivity contribution in [3.05, 3.63) is 99.6 Å². The summed E-state index contributed by atoms with van der Waals surface area (Å²) in [4.78, 5) is 28.7. The first-order valence-corrected chi connectivity index (χ1v) is 12.3. The largest absolute Gasteiger partial charge is 0.416 e. The van der Waals surface area contributed by atoms with Gasteiger partial charge in [0.2, 0.25) is 11.8 Å². The molecule has 2 amide bonds. The fourth-order valence-corrected chi connectivity index (χ4v) is 8.27. The summed E-state index contributed by atoms with van der Waals surface area (Å²) in [5, 5.41) is -0.108. The first-order chi connectivity index (χ1) is 16.0. The van der Waals surface area contributed by atoms with Gasteiger partial charge >= 0.3 is 6.18 Å². The van der Waals surface area contributed by atoms with Gasteiger partial charge < -0.3 is 0 Å². The number of hydrogen-bond donors (Lipinski definition) is 0. The average molecular weight is 612 g/mol. The van der Waals surface area contributed by atoms with E-state index in [0.29, 0.717) is 0 Å². The lowest BCUT2D eigenvalue weighted by Gasteiger charge is -2.55. The summed E-state index contributed by atoms with van der Waals surface area (Å²) in [6.45, 7) is 0. The maximum Gasteiger partial charge on any atom is 0.416 e. The van der Waals surface area contributed by atoms with Crippen molar-refractivity contribution < 1.29 is 22.8 Å². The van der Waals surface area contributed by atoms with Crippen molar-refractivity contribution >= 4 is 61.0 Å². The highest BCUT2D eigenvalue weighted by Crippen LogP contribution is 2.71. The van der Waals surface area contributed by atoms with E-state index in [2.05, 4.69) is 31.9 Å². The standard InChI is InChI=1S/C25H13Br2ClF3NO2/c26-23-13-5-1-2-6-14(13)24(27,16-8-4-3-7-15(16)23)20-19(23)21(33)32(22(20)34)18-11-12(25(29,30)31)9-10-17(18)28/h1-11,19-20H/t19-,20-,23?,24?/m0/s1. The maximum absolute atomic E-state index is 13.9. The number of anilines is 1. The van der Waals surface area contributed by atoms with E-state index >= 15 is 0 Å². The number of rotatable bonds is 1. The zero-order valence-corrected chi connectivity index (χ0v) is 21.0. The minimum Gasteiger partial charge on any atom is -0.274 e. The van der Waals surface area contributed by atoms with Gasteiger partial charge in [-0.25, -0.2) is 4.90 Å². The SMILES string of the molecule is O=C1[C@@H]2[C@@H](C(=O)N1c1cc(C(F)(F)F)ccc1Cl)C1(Br)c3ccccc3C2(Br)c2ccccc21. The number of carbonyl (C=O) groups excluding carboxylic acids is 2. The summed E-state index contributed by atoms with van der Waals surface area (Å²) < 4.78 is 38.3. The molecule has 3 aromatic carbocycles. The monoisotopic (exact) mass is 609 g/mol. The minimum absolute atomic E-state index is 0.108. The second kappa shape index (κ2) is 6.95. The van der Waals surface area contributed by atoms with Crippen LogP contribution in [0.3, 0.4) is 0 Å². The van der Waals surface area contributed by atoms with E-state index in [9.17, 15) is 22.8 Å². The Morgan fingerprint density at radius 3 is 1.56 bits per heavy atom. The second-order valence-corrected chi connectivity index (χ2v) is 11.6. The topological polar surface area (TPSA) is 37.4 Å². The number of nitrogens with zero attached hydrogens (tertiary/aromatic N) is 1. The quantitative estimate of drug-likeness (QED) is 0.225. The van der Waals surface area contributed by atoms with Gasteiger partial charge in [-0.15, -0.1) is 0 Å². The molecule has 0 aromatic heterocycles. The van der Waals surface area contributed by atoms with E-state index in [-0.39, 0.29) is 10.7 Å². The molecule has 4 aliphatic rings. The van der Waals surface area contributed by atoms with Crippen LogP contribution in [0.2, 0.25) is 5.02 Å². The molecule has 0 spiro atoms. The van der Waals surface area contributed by atoms with Crippen LogP contribution in [0.15, 0.2) is 66.7 Å². The molecule has 1 heterocycles. The molecule has 0 N–H and O–H groups in total. The Hall–Kier alpha value is -2.16. The molecule has 1 fully saturated rings. The Balaban J connectivity index is 1.62. The molecule has 3 aromatic rings. The van der Waals surface area contributed by atoms with Gasteiger partial charge in [0.15, 0.2) is 0 Å². The van der Waals surface area contributed by atoms with Gasteiger partial charge in [0, 0.05) is 0 Å². The molecule has 0 saturated carbocycles. The summed E-state index contributed by atoms with van der Waals surface area (Å²) in [6.07, 6.45) is -4.66. The van der Waals surface area contributed by atoms with E-state index in [1.165, 1.54) is 0 Å². The molecular weight excluding hydrogens is 599 g/mol. The summed E-state index contributed by atoms with van der Waals surface area (Å²) in [6, 6.07) is 17.7. The summed E-state index contributed by atoms with van der Waals surface area (Å²) in [5.41, 5.74) is 2.10. The molecule has 7 rings (SSSR count). The van der Waals surface area contributed by atoms with Crippen LogP contribution < -0.4 is 4.90 Å². The highest BCUT2D eigenvalue weighted by Gasteiger charge is 2.72. The number of halogens is 6. The van der Waals surface area contributed by atoms with Gasteiger partial charge in [-0.05, 0) is 40.5 Å². The van der Waals surface area contributed by atoms with E-state index in [1.807, 2.05) is 48.5 Å². The first kappa shape index (κ1) is 22.3. The lowest BCUT2D eigenvalue weighted by molar-refractivity contribution is -0.137. The molecule has 9 heteroatoms. The Morgan fingerprint density at radius 2 is 1.18 bits per heavy atom. The van der Waals surface area contributed by atoms with E-state index in [4.69, 9.17) is 11.6 Å². The smallest absolute Gasteiger partial charge is 0.274 e. The van der Waals surface area contributed by atoms with Gasteiger partial charge in [-0.3, -0.25) is 9.59 Å². The zero-order valence-electron chi connectivity index (χ0n) is 17.0. The number of benzene rings is 3. The lowest BCUT2D eigenvalue weighted by atomic mass is 9.54. The number of hydrogen-bond acceptors (Lipinski definition) is 2. The summed E-state index contributed by atoms with van der Waals surface area (Å²) in [7, 11) is 0. The van der Waals surface area contributed by atoms with Crippen LogP contribution >= 0.6 is 43.5 Å². The Kier molecular flexibility index (Phi) is 4.56. The van der Waals surface area contributed by atoms with Crippen molar-refractivity contribution in [2.75, 3.05) is 4.90 Å². The molecule has 1 aliphatic heterocycles. The molecule has 1 saturated heterocycles. The van der Waals surface area contributed by atoms with Gasteiger partial charge in [0.05, 0.1) is 36.8 Å². The van der Waals surface area contributed by atoms with E-state index in [0.717, 1.165) is 45.4 Å². The van der Waals surface area contributed by atoms with Gasteiger partial charge in [-0.1, -0.05) is 92.0 Å². The van der Waals surface area contributed by atoms with Crippen molar-refractivity contribution in [1.82, 2.24) is 0 Å². The number of amides is 2. The van der Waals surface area contributed by atoms with Gasteiger partial charge in [0.25, 0.3) is 0 Å². The van der Waals surface area contributed by atoms with Crippen LogP contribution in [0.1, 0.15) is 27.8 Å². The normalized spacial score (nSPS) is 29.2. The van der Waals surface area contributed by atoms with Crippen LogP contribution in [-0.4, -0.2) is 11.8 Å². The third-order valence-corrected chi connectivity index (χ3v) is 10.1.